The van der Waals surface area contributed by atoms with Gasteiger partial charge in [0.15, 0.2) is 0 Å². The minimum atomic E-state index is -0.943. The van der Waals surface area contributed by atoms with Gasteiger partial charge in [-0.15, -0.1) is 0 Å². The third-order valence-electron chi connectivity index (χ3n) is 2.65. The summed E-state index contributed by atoms with van der Waals surface area (Å²) in [5.41, 5.74) is 0.231. The Bertz CT molecular complexity index is 391. The molecule has 1 rings (SSSR count). The summed E-state index contributed by atoms with van der Waals surface area (Å²) in [6.07, 6.45) is 2.18. The van der Waals surface area contributed by atoms with Crippen LogP contribution in [0.4, 0.5) is 0 Å². The van der Waals surface area contributed by atoms with Gasteiger partial charge in [0.25, 0.3) is 0 Å². The fraction of sp³-hybridized carbons (Fsp3) is 0.533. The third kappa shape index (κ3) is 6.53. The minimum absolute atomic E-state index is 0.231. The summed E-state index contributed by atoms with van der Waals surface area (Å²) in [5, 5.41) is 9.01. The molecule has 1 aromatic rings. The second-order valence-corrected chi connectivity index (χ2v) is 6.02. The Morgan fingerprint density at radius 2 is 2.05 bits per heavy atom. The molecular formula is C15H22O3S. The number of carboxylic acids is 1. The number of hydrogen-bond donors (Lipinski definition) is 1. The molecule has 0 aromatic heterocycles. The van der Waals surface area contributed by atoms with Crippen molar-refractivity contribution in [1.82, 2.24) is 0 Å². The Morgan fingerprint density at radius 3 is 2.74 bits per heavy atom. The zero-order chi connectivity index (χ0) is 14.1. The van der Waals surface area contributed by atoms with E-state index in [1.54, 1.807) is 24.3 Å². The number of para-hydroxylation sites is 1. The molecule has 0 atom stereocenters. The summed E-state index contributed by atoms with van der Waals surface area (Å²) in [6.45, 7) is 5.03. The molecule has 0 aliphatic rings. The van der Waals surface area contributed by atoms with Crippen LogP contribution in [0.3, 0.4) is 0 Å². The van der Waals surface area contributed by atoms with Crippen LogP contribution < -0.4 is 4.74 Å². The zero-order valence-electron chi connectivity index (χ0n) is 11.6. The molecule has 106 valence electrons. The van der Waals surface area contributed by atoms with Crippen molar-refractivity contribution >= 4 is 17.7 Å². The van der Waals surface area contributed by atoms with Crippen molar-refractivity contribution in [2.45, 2.75) is 26.7 Å². The fourth-order valence-electron chi connectivity index (χ4n) is 1.53. The van der Waals surface area contributed by atoms with Crippen LogP contribution >= 0.6 is 11.8 Å². The maximum atomic E-state index is 11.0. The number of carbonyl (C=O) groups is 1. The molecule has 0 amide bonds. The topological polar surface area (TPSA) is 46.5 Å². The van der Waals surface area contributed by atoms with Crippen LogP contribution in [0.2, 0.25) is 0 Å². The van der Waals surface area contributed by atoms with Crippen LogP contribution in [0.5, 0.6) is 5.75 Å². The maximum Gasteiger partial charge on any atom is 0.339 e. The largest absolute Gasteiger partial charge is 0.493 e. The van der Waals surface area contributed by atoms with Crippen molar-refractivity contribution < 1.29 is 14.6 Å². The fourth-order valence-corrected chi connectivity index (χ4v) is 2.70. The number of ether oxygens (including phenoxy) is 1. The van der Waals surface area contributed by atoms with E-state index >= 15 is 0 Å². The summed E-state index contributed by atoms with van der Waals surface area (Å²) in [5.74, 6) is 2.51. The predicted octanol–water partition coefficient (Wildman–Crippen LogP) is 3.93. The van der Waals surface area contributed by atoms with Crippen LogP contribution in [0, 0.1) is 5.92 Å². The van der Waals surface area contributed by atoms with Gasteiger partial charge < -0.3 is 9.84 Å². The van der Waals surface area contributed by atoms with Gasteiger partial charge in [0.05, 0.1) is 6.61 Å². The van der Waals surface area contributed by atoms with E-state index in [1.807, 2.05) is 11.8 Å². The van der Waals surface area contributed by atoms with E-state index in [0.717, 1.165) is 18.1 Å². The van der Waals surface area contributed by atoms with E-state index in [-0.39, 0.29) is 5.56 Å². The highest BCUT2D eigenvalue weighted by Crippen LogP contribution is 2.18. The first-order chi connectivity index (χ1) is 9.11. The molecule has 0 aliphatic carbocycles. The van der Waals surface area contributed by atoms with Crippen molar-refractivity contribution in [3.05, 3.63) is 29.8 Å². The van der Waals surface area contributed by atoms with E-state index < -0.39 is 5.97 Å². The molecule has 1 aromatic carbocycles. The van der Waals surface area contributed by atoms with Crippen molar-refractivity contribution in [3.8, 4) is 5.75 Å². The van der Waals surface area contributed by atoms with Gasteiger partial charge >= 0.3 is 5.97 Å². The van der Waals surface area contributed by atoms with Crippen LogP contribution in [-0.4, -0.2) is 29.2 Å². The number of thioether (sulfide) groups is 1. The van der Waals surface area contributed by atoms with Crippen LogP contribution in [0.25, 0.3) is 0 Å². The first-order valence-corrected chi connectivity index (χ1v) is 7.79. The van der Waals surface area contributed by atoms with Crippen molar-refractivity contribution in [3.63, 3.8) is 0 Å². The molecule has 0 fully saturated rings. The molecule has 3 nitrogen and oxygen atoms in total. The minimum Gasteiger partial charge on any atom is -0.493 e. The highest BCUT2D eigenvalue weighted by molar-refractivity contribution is 7.99. The molecule has 0 unspecified atom stereocenters. The zero-order valence-corrected chi connectivity index (χ0v) is 12.4. The molecule has 19 heavy (non-hydrogen) atoms. The molecule has 4 heteroatoms. The van der Waals surface area contributed by atoms with E-state index in [9.17, 15) is 4.79 Å². The number of hydrogen-bond acceptors (Lipinski definition) is 3. The lowest BCUT2D eigenvalue weighted by molar-refractivity contribution is 0.0692. The smallest absolute Gasteiger partial charge is 0.339 e. The number of carboxylic acid groups (broad SMARTS) is 1. The van der Waals surface area contributed by atoms with Gasteiger partial charge in [-0.25, -0.2) is 4.79 Å². The second kappa shape index (κ2) is 8.86. The lowest BCUT2D eigenvalue weighted by Gasteiger charge is -2.09. The molecule has 0 saturated heterocycles. The molecule has 0 bridgehead atoms. The van der Waals surface area contributed by atoms with Crippen LogP contribution in [0.15, 0.2) is 24.3 Å². The van der Waals surface area contributed by atoms with E-state index in [4.69, 9.17) is 9.84 Å². The summed E-state index contributed by atoms with van der Waals surface area (Å²) in [7, 11) is 0. The Hall–Kier alpha value is -1.16. The highest BCUT2D eigenvalue weighted by atomic mass is 32.2. The first-order valence-electron chi connectivity index (χ1n) is 6.64. The molecule has 0 aliphatic heterocycles. The summed E-state index contributed by atoms with van der Waals surface area (Å²) in [6, 6.07) is 6.77. The van der Waals surface area contributed by atoms with Crippen molar-refractivity contribution in [1.29, 1.82) is 0 Å². The molecule has 0 radical (unpaired) electrons. The number of aromatic carboxylic acids is 1. The van der Waals surface area contributed by atoms with Gasteiger partial charge in [-0.3, -0.25) is 0 Å². The molecule has 0 saturated carbocycles. The van der Waals surface area contributed by atoms with Gasteiger partial charge in [-0.05, 0) is 42.4 Å². The Labute approximate surface area is 119 Å². The SMILES string of the molecule is CC(C)CCSCCCOc1ccccc1C(=O)O. The predicted molar refractivity (Wildman–Crippen MR) is 80.3 cm³/mol. The monoisotopic (exact) mass is 282 g/mol. The normalized spacial score (nSPS) is 10.7. The van der Waals surface area contributed by atoms with Gasteiger partial charge in [-0.1, -0.05) is 26.0 Å². The van der Waals surface area contributed by atoms with E-state index in [1.165, 1.54) is 12.2 Å². The Morgan fingerprint density at radius 1 is 1.32 bits per heavy atom. The first kappa shape index (κ1) is 15.9. The van der Waals surface area contributed by atoms with Crippen molar-refractivity contribution in [2.75, 3.05) is 18.1 Å². The van der Waals surface area contributed by atoms with E-state index in [0.29, 0.717) is 12.4 Å². The van der Waals surface area contributed by atoms with Gasteiger partial charge in [0, 0.05) is 0 Å². The summed E-state index contributed by atoms with van der Waals surface area (Å²) >= 11 is 1.93. The molecule has 0 spiro atoms. The van der Waals surface area contributed by atoms with E-state index in [2.05, 4.69) is 13.8 Å². The standard InChI is InChI=1S/C15H22O3S/c1-12(2)8-11-19-10-5-9-18-14-7-4-3-6-13(14)15(16)17/h3-4,6-7,12H,5,8-11H2,1-2H3,(H,16,17). The van der Waals surface area contributed by atoms with Crippen LogP contribution in [-0.2, 0) is 0 Å². The summed E-state index contributed by atoms with van der Waals surface area (Å²) < 4.78 is 5.53. The van der Waals surface area contributed by atoms with Gasteiger partial charge in [-0.2, -0.15) is 11.8 Å². The number of rotatable bonds is 9. The maximum absolute atomic E-state index is 11.0. The molecule has 1 N–H and O–H groups in total. The Balaban J connectivity index is 2.21. The molecule has 0 heterocycles. The second-order valence-electron chi connectivity index (χ2n) is 4.80. The van der Waals surface area contributed by atoms with Gasteiger partial charge in [0.1, 0.15) is 11.3 Å². The average Bonchev–Trinajstić information content (AvgIpc) is 2.37. The third-order valence-corrected chi connectivity index (χ3v) is 3.75. The quantitative estimate of drug-likeness (QED) is 0.697. The van der Waals surface area contributed by atoms with Crippen LogP contribution in [0.1, 0.15) is 37.0 Å². The summed E-state index contributed by atoms with van der Waals surface area (Å²) in [4.78, 5) is 11.0. The number of benzene rings is 1. The Kier molecular flexibility index (Phi) is 7.41. The van der Waals surface area contributed by atoms with Crippen molar-refractivity contribution in [2.24, 2.45) is 5.92 Å². The highest BCUT2D eigenvalue weighted by Gasteiger charge is 2.09. The van der Waals surface area contributed by atoms with Gasteiger partial charge in [0.2, 0.25) is 0 Å². The molecular weight excluding hydrogens is 260 g/mol. The average molecular weight is 282 g/mol. The lowest BCUT2D eigenvalue weighted by Crippen LogP contribution is -2.05. The lowest BCUT2D eigenvalue weighted by atomic mass is 10.2.